The van der Waals surface area contributed by atoms with Gasteiger partial charge in [0.2, 0.25) is 0 Å². The highest BCUT2D eigenvalue weighted by Crippen LogP contribution is 2.45. The normalized spacial score (nSPS) is 11.9. The Labute approximate surface area is 293 Å². The van der Waals surface area contributed by atoms with E-state index in [-0.39, 0.29) is 0 Å². The number of aromatic nitrogens is 2. The van der Waals surface area contributed by atoms with Gasteiger partial charge in [-0.1, -0.05) is 121 Å². The van der Waals surface area contributed by atoms with Crippen LogP contribution in [-0.2, 0) is 0 Å². The first-order valence-corrected chi connectivity index (χ1v) is 17.4. The Bertz CT molecular complexity index is 3130. The molecule has 0 fully saturated rings. The highest BCUT2D eigenvalue weighted by atomic mass is 16.3. The largest absolute Gasteiger partial charge is 0.455 e. The topological polar surface area (TPSA) is 23.0 Å². The van der Waals surface area contributed by atoms with E-state index in [4.69, 9.17) is 4.42 Å². The lowest BCUT2D eigenvalue weighted by molar-refractivity contribution is 0.673. The highest BCUT2D eigenvalue weighted by molar-refractivity contribution is 6.30. The SMILES string of the molecule is c1ccc(-c2cccc(-n3c4ccccc4c4c5oc6ccc7c8ccccc8n(-c8cccc(-c9ccccc9)c8)c7c6c5ccc43)c2)cc1. The van der Waals surface area contributed by atoms with E-state index in [1.807, 2.05) is 0 Å². The number of para-hydroxylation sites is 2. The smallest absolute Gasteiger partial charge is 0.145 e. The molecule has 3 aromatic heterocycles. The predicted octanol–water partition coefficient (Wildman–Crippen LogP) is 13.1. The van der Waals surface area contributed by atoms with Crippen molar-refractivity contribution in [2.75, 3.05) is 0 Å². The van der Waals surface area contributed by atoms with Gasteiger partial charge in [0, 0.05) is 32.9 Å². The molecule has 0 atom stereocenters. The molecule has 8 aromatic carbocycles. The zero-order valence-electron chi connectivity index (χ0n) is 27.6. The first-order chi connectivity index (χ1) is 25.3. The van der Waals surface area contributed by atoms with Gasteiger partial charge in [-0.25, -0.2) is 0 Å². The third-order valence-electron chi connectivity index (χ3n) is 10.5. The van der Waals surface area contributed by atoms with Gasteiger partial charge in [0.25, 0.3) is 0 Å². The molecule has 0 N–H and O–H groups in total. The fraction of sp³-hybridized carbons (Fsp3) is 0. The van der Waals surface area contributed by atoms with Gasteiger partial charge in [-0.3, -0.25) is 0 Å². The summed E-state index contributed by atoms with van der Waals surface area (Å²) in [6, 6.07) is 65.3. The van der Waals surface area contributed by atoms with Crippen molar-refractivity contribution in [1.82, 2.24) is 9.13 Å². The Balaban J connectivity index is 1.22. The minimum atomic E-state index is 0.885. The number of hydrogen-bond donors (Lipinski definition) is 0. The molecule has 0 aliphatic heterocycles. The maximum atomic E-state index is 6.98. The molecule has 0 spiro atoms. The quantitative estimate of drug-likeness (QED) is 0.186. The average molecular weight is 651 g/mol. The van der Waals surface area contributed by atoms with Crippen LogP contribution in [-0.4, -0.2) is 9.13 Å². The first-order valence-electron chi connectivity index (χ1n) is 17.4. The number of rotatable bonds is 4. The number of nitrogens with zero attached hydrogens (tertiary/aromatic N) is 2. The van der Waals surface area contributed by atoms with E-state index in [9.17, 15) is 0 Å². The molecule has 0 aliphatic rings. The average Bonchev–Trinajstić information content (AvgIpc) is 3.86. The molecule has 0 saturated heterocycles. The Morgan fingerprint density at radius 1 is 0.333 bits per heavy atom. The summed E-state index contributed by atoms with van der Waals surface area (Å²) in [5.74, 6) is 0. The molecule has 3 heterocycles. The number of furan rings is 1. The van der Waals surface area contributed by atoms with Gasteiger partial charge in [-0.2, -0.15) is 0 Å². The summed E-state index contributed by atoms with van der Waals surface area (Å²) in [5.41, 5.74) is 13.5. The molecule has 3 heteroatoms. The Kier molecular flexibility index (Phi) is 5.96. The van der Waals surface area contributed by atoms with Gasteiger partial charge in [-0.15, -0.1) is 0 Å². The van der Waals surface area contributed by atoms with Crippen molar-refractivity contribution >= 4 is 65.6 Å². The maximum absolute atomic E-state index is 6.98. The zero-order chi connectivity index (χ0) is 33.5. The van der Waals surface area contributed by atoms with E-state index in [2.05, 4.69) is 191 Å². The van der Waals surface area contributed by atoms with Gasteiger partial charge in [-0.05, 0) is 82.9 Å². The molecule has 0 bridgehead atoms. The van der Waals surface area contributed by atoms with Crippen LogP contribution >= 0.6 is 0 Å². The summed E-state index contributed by atoms with van der Waals surface area (Å²) in [7, 11) is 0. The highest BCUT2D eigenvalue weighted by Gasteiger charge is 2.23. The third-order valence-corrected chi connectivity index (χ3v) is 10.5. The van der Waals surface area contributed by atoms with Crippen molar-refractivity contribution in [1.29, 1.82) is 0 Å². The fourth-order valence-corrected chi connectivity index (χ4v) is 8.28. The number of hydrogen-bond acceptors (Lipinski definition) is 1. The summed E-state index contributed by atoms with van der Waals surface area (Å²) >= 11 is 0. The van der Waals surface area contributed by atoms with Crippen molar-refractivity contribution < 1.29 is 4.42 Å². The number of fused-ring (bicyclic) bond motifs is 11. The molecular formula is C48H30N2O. The third kappa shape index (κ3) is 4.12. The minimum absolute atomic E-state index is 0.885. The van der Waals surface area contributed by atoms with Gasteiger partial charge in [0.15, 0.2) is 0 Å². The molecule has 0 aliphatic carbocycles. The van der Waals surface area contributed by atoms with Gasteiger partial charge in [0.1, 0.15) is 11.2 Å². The van der Waals surface area contributed by atoms with Crippen molar-refractivity contribution in [3.8, 4) is 33.6 Å². The predicted molar refractivity (Wildman–Crippen MR) is 213 cm³/mol. The van der Waals surface area contributed by atoms with Crippen LogP contribution in [0.2, 0.25) is 0 Å². The second-order valence-electron chi connectivity index (χ2n) is 13.3. The van der Waals surface area contributed by atoms with Gasteiger partial charge >= 0.3 is 0 Å². The van der Waals surface area contributed by atoms with Crippen LogP contribution in [0.4, 0.5) is 0 Å². The summed E-state index contributed by atoms with van der Waals surface area (Å²) in [5, 5.41) is 7.00. The Morgan fingerprint density at radius 3 is 1.57 bits per heavy atom. The fourth-order valence-electron chi connectivity index (χ4n) is 8.28. The van der Waals surface area contributed by atoms with E-state index in [1.165, 1.54) is 43.9 Å². The van der Waals surface area contributed by atoms with E-state index in [0.717, 1.165) is 55.2 Å². The minimum Gasteiger partial charge on any atom is -0.455 e. The molecule has 11 aromatic rings. The molecule has 0 unspecified atom stereocenters. The molecule has 0 radical (unpaired) electrons. The lowest BCUT2D eigenvalue weighted by Gasteiger charge is -2.11. The van der Waals surface area contributed by atoms with Crippen molar-refractivity contribution in [3.05, 3.63) is 182 Å². The maximum Gasteiger partial charge on any atom is 0.145 e. The molecule has 0 amide bonds. The van der Waals surface area contributed by atoms with E-state index in [1.54, 1.807) is 0 Å². The van der Waals surface area contributed by atoms with Crippen LogP contribution in [0.15, 0.2) is 186 Å². The number of benzene rings is 8. The van der Waals surface area contributed by atoms with Crippen molar-refractivity contribution in [3.63, 3.8) is 0 Å². The second kappa shape index (κ2) is 10.8. The van der Waals surface area contributed by atoms with E-state index >= 15 is 0 Å². The summed E-state index contributed by atoms with van der Waals surface area (Å²) in [6.45, 7) is 0. The van der Waals surface area contributed by atoms with Crippen molar-refractivity contribution in [2.24, 2.45) is 0 Å². The standard InChI is InChI=1S/C48H30N2O/c1-3-13-31(14-4-1)33-17-11-19-35(29-33)49-42-24-10-8-22-39(42)45-43(49)27-25-40-46-44(51-48(40)45)28-26-38-37-21-7-9-23-41(37)50(47(38)46)36-20-12-18-34(30-36)32-15-5-2-6-16-32/h1-30H. The summed E-state index contributed by atoms with van der Waals surface area (Å²) in [4.78, 5) is 0. The second-order valence-corrected chi connectivity index (χ2v) is 13.3. The van der Waals surface area contributed by atoms with Crippen LogP contribution in [0.5, 0.6) is 0 Å². The lowest BCUT2D eigenvalue weighted by Crippen LogP contribution is -1.95. The molecule has 238 valence electrons. The van der Waals surface area contributed by atoms with Gasteiger partial charge < -0.3 is 13.6 Å². The van der Waals surface area contributed by atoms with Gasteiger partial charge in [0.05, 0.1) is 32.8 Å². The molecule has 0 saturated carbocycles. The van der Waals surface area contributed by atoms with Crippen LogP contribution in [0.1, 0.15) is 0 Å². The first kappa shape index (κ1) is 28.0. The lowest BCUT2D eigenvalue weighted by atomic mass is 10.0. The van der Waals surface area contributed by atoms with Crippen LogP contribution in [0.25, 0.3) is 99.2 Å². The Morgan fingerprint density at radius 2 is 0.882 bits per heavy atom. The van der Waals surface area contributed by atoms with Crippen LogP contribution in [0, 0.1) is 0 Å². The van der Waals surface area contributed by atoms with E-state index < -0.39 is 0 Å². The van der Waals surface area contributed by atoms with Crippen molar-refractivity contribution in [2.45, 2.75) is 0 Å². The Hall–Kier alpha value is -6.84. The van der Waals surface area contributed by atoms with Crippen LogP contribution in [0.3, 0.4) is 0 Å². The molecule has 11 rings (SSSR count). The van der Waals surface area contributed by atoms with Crippen LogP contribution < -0.4 is 0 Å². The zero-order valence-corrected chi connectivity index (χ0v) is 27.6. The summed E-state index contributed by atoms with van der Waals surface area (Å²) in [6.07, 6.45) is 0. The molecule has 3 nitrogen and oxygen atoms in total. The monoisotopic (exact) mass is 650 g/mol. The summed E-state index contributed by atoms with van der Waals surface area (Å²) < 4.78 is 11.8. The molecule has 51 heavy (non-hydrogen) atoms. The van der Waals surface area contributed by atoms with E-state index in [0.29, 0.717) is 0 Å². The molecular weight excluding hydrogens is 621 g/mol.